The highest BCUT2D eigenvalue weighted by Crippen LogP contribution is 2.07. The summed E-state index contributed by atoms with van der Waals surface area (Å²) in [5.74, 6) is 6.76. The van der Waals surface area contributed by atoms with Crippen molar-refractivity contribution in [3.05, 3.63) is 35.8 Å². The maximum Gasteiger partial charge on any atom is 0.213 e. The van der Waals surface area contributed by atoms with Crippen LogP contribution >= 0.6 is 0 Å². The predicted molar refractivity (Wildman–Crippen MR) is 60.6 cm³/mol. The van der Waals surface area contributed by atoms with Gasteiger partial charge in [-0.05, 0) is 6.92 Å². The van der Waals surface area contributed by atoms with Crippen LogP contribution in [-0.4, -0.2) is 19.5 Å². The lowest BCUT2D eigenvalue weighted by molar-refractivity contribution is 0.728. The van der Waals surface area contributed by atoms with E-state index < -0.39 is 0 Å². The number of nitrogen functional groups attached to an aromatic ring is 1. The van der Waals surface area contributed by atoms with Crippen molar-refractivity contribution in [1.29, 1.82) is 5.26 Å². The monoisotopic (exact) mass is 229 g/mol. The Morgan fingerprint density at radius 2 is 2.35 bits per heavy atom. The van der Waals surface area contributed by atoms with Gasteiger partial charge in [0.15, 0.2) is 5.82 Å². The van der Waals surface area contributed by atoms with E-state index in [9.17, 15) is 0 Å². The molecule has 0 radical (unpaired) electrons. The smallest absolute Gasteiger partial charge is 0.213 e. The summed E-state index contributed by atoms with van der Waals surface area (Å²) >= 11 is 0. The molecule has 2 aromatic rings. The molecular weight excluding hydrogens is 218 g/mol. The van der Waals surface area contributed by atoms with E-state index in [2.05, 4.69) is 20.4 Å². The van der Waals surface area contributed by atoms with Crippen LogP contribution in [0.25, 0.3) is 0 Å². The van der Waals surface area contributed by atoms with Crippen LogP contribution in [0.3, 0.4) is 0 Å². The molecule has 0 saturated heterocycles. The second-order valence-electron chi connectivity index (χ2n) is 3.45. The third-order valence-corrected chi connectivity index (χ3v) is 2.18. The number of aromatic nitrogens is 4. The Labute approximate surface area is 97.9 Å². The van der Waals surface area contributed by atoms with Gasteiger partial charge in [0, 0.05) is 24.2 Å². The van der Waals surface area contributed by atoms with Gasteiger partial charge in [0.2, 0.25) is 5.82 Å². The molecule has 0 bridgehead atoms. The molecule has 2 rings (SSSR count). The molecule has 0 unspecified atom stereocenters. The number of nitrogens with one attached hydrogen (secondary N) is 1. The van der Waals surface area contributed by atoms with Gasteiger partial charge in [-0.1, -0.05) is 0 Å². The van der Waals surface area contributed by atoms with E-state index in [0.717, 1.165) is 5.69 Å². The normalized spacial score (nSPS) is 9.94. The number of rotatable bonds is 3. The van der Waals surface area contributed by atoms with Crippen LogP contribution in [0.4, 0.5) is 5.82 Å². The van der Waals surface area contributed by atoms with Crippen molar-refractivity contribution < 1.29 is 0 Å². The Bertz CT molecular complexity index is 566. The maximum atomic E-state index is 8.83. The van der Waals surface area contributed by atoms with Crippen molar-refractivity contribution >= 4 is 5.82 Å². The Balaban J connectivity index is 2.30. The van der Waals surface area contributed by atoms with Crippen LogP contribution < -0.4 is 11.3 Å². The Morgan fingerprint density at radius 1 is 1.53 bits per heavy atom. The Hall–Kier alpha value is -2.46. The quantitative estimate of drug-likeness (QED) is 0.574. The molecule has 86 valence electrons. The highest BCUT2D eigenvalue weighted by molar-refractivity contribution is 5.34. The lowest BCUT2D eigenvalue weighted by Gasteiger charge is -2.06. The van der Waals surface area contributed by atoms with Gasteiger partial charge in [-0.3, -0.25) is 0 Å². The second-order valence-corrected chi connectivity index (χ2v) is 3.45. The third-order valence-electron chi connectivity index (χ3n) is 2.18. The van der Waals surface area contributed by atoms with Crippen LogP contribution in [0, 0.1) is 18.3 Å². The number of imidazole rings is 1. The number of hydrazine groups is 1. The molecule has 7 nitrogen and oxygen atoms in total. The van der Waals surface area contributed by atoms with E-state index in [-0.39, 0.29) is 0 Å². The molecule has 0 amide bonds. The summed E-state index contributed by atoms with van der Waals surface area (Å²) in [6, 6.07) is 3.73. The maximum absolute atomic E-state index is 8.83. The van der Waals surface area contributed by atoms with E-state index in [1.165, 1.54) is 0 Å². The molecule has 0 saturated carbocycles. The summed E-state index contributed by atoms with van der Waals surface area (Å²) in [6.45, 7) is 2.24. The summed E-state index contributed by atoms with van der Waals surface area (Å²) in [6.07, 6.45) is 3.27. The lowest BCUT2D eigenvalue weighted by Crippen LogP contribution is -2.13. The van der Waals surface area contributed by atoms with Crippen LogP contribution in [0.15, 0.2) is 18.5 Å². The summed E-state index contributed by atoms with van der Waals surface area (Å²) in [7, 11) is 0. The predicted octanol–water partition coefficient (Wildman–Crippen LogP) is 0.187. The van der Waals surface area contributed by atoms with Gasteiger partial charge in [0.05, 0.1) is 6.54 Å². The molecule has 0 fully saturated rings. The van der Waals surface area contributed by atoms with Gasteiger partial charge in [-0.2, -0.15) is 5.26 Å². The summed E-state index contributed by atoms with van der Waals surface area (Å²) in [4.78, 5) is 12.4. The standard InChI is InChI=1S/C10H11N7/c1-7-4-8(16-12)15-9(14-7)6-17-3-2-13-10(17)5-11/h2-4H,6,12H2,1H3,(H,14,15,16). The number of aryl methyl sites for hydroxylation is 1. The zero-order valence-corrected chi connectivity index (χ0v) is 9.25. The zero-order valence-electron chi connectivity index (χ0n) is 9.25. The van der Waals surface area contributed by atoms with Crippen LogP contribution in [0.5, 0.6) is 0 Å². The fourth-order valence-corrected chi connectivity index (χ4v) is 1.48. The van der Waals surface area contributed by atoms with E-state index in [1.54, 1.807) is 23.0 Å². The second kappa shape index (κ2) is 4.59. The number of anilines is 1. The minimum Gasteiger partial charge on any atom is -0.315 e. The van der Waals surface area contributed by atoms with Gasteiger partial charge < -0.3 is 9.99 Å². The first-order valence-electron chi connectivity index (χ1n) is 4.95. The largest absolute Gasteiger partial charge is 0.315 e. The van der Waals surface area contributed by atoms with E-state index in [4.69, 9.17) is 11.1 Å². The van der Waals surface area contributed by atoms with Crippen LogP contribution in [0.1, 0.15) is 17.3 Å². The third kappa shape index (κ3) is 2.38. The number of hydrogen-bond acceptors (Lipinski definition) is 6. The fourth-order valence-electron chi connectivity index (χ4n) is 1.48. The first-order valence-corrected chi connectivity index (χ1v) is 4.95. The highest BCUT2D eigenvalue weighted by atomic mass is 15.3. The average molecular weight is 229 g/mol. The number of nitriles is 1. The van der Waals surface area contributed by atoms with E-state index in [0.29, 0.717) is 24.0 Å². The molecule has 2 aromatic heterocycles. The molecule has 7 heteroatoms. The van der Waals surface area contributed by atoms with E-state index >= 15 is 0 Å². The van der Waals surface area contributed by atoms with Gasteiger partial charge >= 0.3 is 0 Å². The molecule has 17 heavy (non-hydrogen) atoms. The number of nitrogens with two attached hydrogens (primary N) is 1. The van der Waals surface area contributed by atoms with E-state index in [1.807, 2.05) is 13.0 Å². The van der Waals surface area contributed by atoms with Gasteiger partial charge in [-0.15, -0.1) is 0 Å². The van der Waals surface area contributed by atoms with Crippen molar-refractivity contribution in [3.63, 3.8) is 0 Å². The Kier molecular flexibility index (Phi) is 2.98. The number of nitrogens with zero attached hydrogens (tertiary/aromatic N) is 5. The van der Waals surface area contributed by atoms with Crippen molar-refractivity contribution in [2.75, 3.05) is 5.43 Å². The summed E-state index contributed by atoms with van der Waals surface area (Å²) in [5, 5.41) is 8.83. The molecule has 0 aliphatic carbocycles. The molecule has 3 N–H and O–H groups in total. The van der Waals surface area contributed by atoms with Crippen molar-refractivity contribution in [3.8, 4) is 6.07 Å². The first-order chi connectivity index (χ1) is 8.22. The average Bonchev–Trinajstić information content (AvgIpc) is 2.75. The van der Waals surface area contributed by atoms with Crippen molar-refractivity contribution in [2.24, 2.45) is 5.84 Å². The molecule has 0 aromatic carbocycles. The molecule has 0 spiro atoms. The molecule has 0 aliphatic heterocycles. The van der Waals surface area contributed by atoms with Gasteiger partial charge in [-0.25, -0.2) is 20.8 Å². The minimum atomic E-state index is 0.331. The Morgan fingerprint density at radius 3 is 3.06 bits per heavy atom. The fraction of sp³-hybridized carbons (Fsp3) is 0.200. The zero-order chi connectivity index (χ0) is 12.3. The molecule has 0 atom stereocenters. The molecule has 2 heterocycles. The van der Waals surface area contributed by atoms with Gasteiger partial charge in [0.25, 0.3) is 0 Å². The molecular formula is C10H11N7. The summed E-state index contributed by atoms with van der Waals surface area (Å²) in [5.41, 5.74) is 3.28. The van der Waals surface area contributed by atoms with Crippen LogP contribution in [0.2, 0.25) is 0 Å². The van der Waals surface area contributed by atoms with Crippen molar-refractivity contribution in [1.82, 2.24) is 19.5 Å². The highest BCUT2D eigenvalue weighted by Gasteiger charge is 2.06. The topological polar surface area (TPSA) is 105 Å². The van der Waals surface area contributed by atoms with Gasteiger partial charge in [0.1, 0.15) is 11.9 Å². The summed E-state index contributed by atoms with van der Waals surface area (Å²) < 4.78 is 1.68. The SMILES string of the molecule is Cc1cc(NN)nc(Cn2ccnc2C#N)n1. The lowest BCUT2D eigenvalue weighted by atomic mass is 10.4. The minimum absolute atomic E-state index is 0.331. The van der Waals surface area contributed by atoms with Crippen molar-refractivity contribution in [2.45, 2.75) is 13.5 Å². The van der Waals surface area contributed by atoms with Crippen LogP contribution in [-0.2, 0) is 6.54 Å². The molecule has 0 aliphatic rings. The number of hydrogen-bond donors (Lipinski definition) is 2. The first kappa shape index (κ1) is 11.0.